The van der Waals surface area contributed by atoms with Crippen LogP contribution < -0.4 is 5.32 Å². The standard InChI is InChI=1S/C29H38Cl2N4O3/c1-2-23(24-6-4-3-5-7-24)21-34-13-10-22(20-32-29(36)25-8-9-27(30)28(31)19-25)18-26(35(34)37)11-12-33-14-16-38-17-15-33/h3-9,19,22-23,26H,2,10-18,20-21H2,1H3/p+1/t22-,23+,26+/m0/s1. The van der Waals surface area contributed by atoms with Crippen molar-refractivity contribution in [1.82, 2.24) is 15.2 Å². The number of amides is 1. The summed E-state index contributed by atoms with van der Waals surface area (Å²) in [5.74, 6) is 0.316. The van der Waals surface area contributed by atoms with Crippen LogP contribution in [0.4, 0.5) is 0 Å². The summed E-state index contributed by atoms with van der Waals surface area (Å²) >= 11 is 12.1. The third-order valence-corrected chi connectivity index (χ3v) is 8.54. The smallest absolute Gasteiger partial charge is 0.251 e. The molecule has 0 saturated carbocycles. The summed E-state index contributed by atoms with van der Waals surface area (Å²) in [6, 6.07) is 15.2. The van der Waals surface area contributed by atoms with Gasteiger partial charge in [-0.05, 0) is 42.5 Å². The third kappa shape index (κ3) is 7.92. The Morgan fingerprint density at radius 3 is 2.58 bits per heavy atom. The van der Waals surface area contributed by atoms with Crippen LogP contribution in [0.25, 0.3) is 0 Å². The van der Waals surface area contributed by atoms with Gasteiger partial charge in [0.2, 0.25) is 6.04 Å². The van der Waals surface area contributed by atoms with E-state index in [1.807, 2.05) is 11.1 Å². The number of benzene rings is 2. The highest BCUT2D eigenvalue weighted by molar-refractivity contribution is 6.42. The predicted molar refractivity (Wildman–Crippen MR) is 152 cm³/mol. The van der Waals surface area contributed by atoms with Crippen LogP contribution in [0.15, 0.2) is 48.5 Å². The van der Waals surface area contributed by atoms with Gasteiger partial charge < -0.3 is 10.1 Å². The maximum absolute atomic E-state index is 13.8. The molecule has 0 aliphatic carbocycles. The molecule has 2 aliphatic rings. The van der Waals surface area contributed by atoms with Crippen molar-refractivity contribution in [3.63, 3.8) is 0 Å². The Morgan fingerprint density at radius 1 is 1.11 bits per heavy atom. The quantitative estimate of drug-likeness (QED) is 0.392. The van der Waals surface area contributed by atoms with Gasteiger partial charge in [0.05, 0.1) is 41.3 Å². The second-order valence-electron chi connectivity index (χ2n) is 10.4. The van der Waals surface area contributed by atoms with Gasteiger partial charge in [0.15, 0.2) is 0 Å². The van der Waals surface area contributed by atoms with Crippen molar-refractivity contribution >= 4 is 29.1 Å². The molecular formula is C29H39Cl2N4O3+. The SMILES string of the molecule is CC[C@H](CN1CC[C@H](CNC(=O)c2ccc(Cl)c(Cl)c2)C[C@@H](CCN2CCOCC2)[N+]1=O)c1ccccc1. The summed E-state index contributed by atoms with van der Waals surface area (Å²) in [5.41, 5.74) is 1.75. The van der Waals surface area contributed by atoms with Crippen LogP contribution in [-0.4, -0.2) is 79.2 Å². The summed E-state index contributed by atoms with van der Waals surface area (Å²) in [6.45, 7) is 8.25. The molecule has 7 nitrogen and oxygen atoms in total. The van der Waals surface area contributed by atoms with Crippen molar-refractivity contribution in [3.8, 4) is 0 Å². The van der Waals surface area contributed by atoms with E-state index in [-0.39, 0.29) is 17.9 Å². The highest BCUT2D eigenvalue weighted by Crippen LogP contribution is 2.27. The fourth-order valence-electron chi connectivity index (χ4n) is 5.42. The monoisotopic (exact) mass is 561 g/mol. The van der Waals surface area contributed by atoms with E-state index >= 15 is 0 Å². The molecule has 1 N–H and O–H groups in total. The predicted octanol–water partition coefficient (Wildman–Crippen LogP) is 5.41. The van der Waals surface area contributed by atoms with Crippen molar-refractivity contribution in [1.29, 1.82) is 0 Å². The van der Waals surface area contributed by atoms with Crippen LogP contribution in [0, 0.1) is 10.8 Å². The number of rotatable bonds is 10. The molecule has 9 heteroatoms. The molecule has 3 atom stereocenters. The van der Waals surface area contributed by atoms with Crippen LogP contribution in [-0.2, 0) is 4.74 Å². The fourth-order valence-corrected chi connectivity index (χ4v) is 5.72. The number of nitroso groups, excluding NO2 is 1. The lowest BCUT2D eigenvalue weighted by molar-refractivity contribution is -0.734. The molecule has 0 aromatic heterocycles. The van der Waals surface area contributed by atoms with Crippen molar-refractivity contribution in [2.45, 2.75) is 44.6 Å². The van der Waals surface area contributed by atoms with Crippen molar-refractivity contribution in [2.75, 3.05) is 52.5 Å². The average molecular weight is 563 g/mol. The first-order chi connectivity index (χ1) is 18.4. The molecule has 2 aliphatic heterocycles. The maximum Gasteiger partial charge on any atom is 0.251 e. The van der Waals surface area contributed by atoms with E-state index in [2.05, 4.69) is 41.4 Å². The van der Waals surface area contributed by atoms with Gasteiger partial charge in [0.25, 0.3) is 5.91 Å². The molecule has 0 radical (unpaired) electrons. The first-order valence-electron chi connectivity index (χ1n) is 13.7. The van der Waals surface area contributed by atoms with E-state index in [1.165, 1.54) is 10.4 Å². The minimum Gasteiger partial charge on any atom is -0.379 e. The van der Waals surface area contributed by atoms with Gasteiger partial charge in [-0.3, -0.25) is 9.69 Å². The van der Waals surface area contributed by atoms with Crippen LogP contribution >= 0.6 is 23.2 Å². The van der Waals surface area contributed by atoms with Crippen LogP contribution in [0.2, 0.25) is 10.0 Å². The number of nitrogens with zero attached hydrogens (tertiary/aromatic N) is 3. The zero-order valence-electron chi connectivity index (χ0n) is 22.2. The maximum atomic E-state index is 13.8. The normalized spacial score (nSPS) is 21.7. The number of ether oxygens (including phenoxy) is 1. The van der Waals surface area contributed by atoms with E-state index in [9.17, 15) is 9.70 Å². The largest absolute Gasteiger partial charge is 0.379 e. The minimum atomic E-state index is -0.177. The summed E-state index contributed by atoms with van der Waals surface area (Å²) in [4.78, 5) is 30.2. The number of carbonyl (C=O) groups is 1. The zero-order valence-corrected chi connectivity index (χ0v) is 23.7. The van der Waals surface area contributed by atoms with E-state index in [1.54, 1.807) is 18.2 Å². The molecule has 2 heterocycles. The number of hydrogen-bond donors (Lipinski definition) is 1. The lowest BCUT2D eigenvalue weighted by Gasteiger charge is -2.27. The second kappa shape index (κ2) is 14.3. The number of nitrogens with one attached hydrogen (secondary N) is 1. The van der Waals surface area contributed by atoms with Gasteiger partial charge >= 0.3 is 0 Å². The van der Waals surface area contributed by atoms with Crippen molar-refractivity contribution in [3.05, 3.63) is 74.6 Å². The van der Waals surface area contributed by atoms with E-state index in [0.29, 0.717) is 41.2 Å². The molecule has 38 heavy (non-hydrogen) atoms. The Morgan fingerprint density at radius 2 is 1.87 bits per heavy atom. The first-order valence-corrected chi connectivity index (χ1v) is 14.5. The van der Waals surface area contributed by atoms with E-state index in [0.717, 1.165) is 58.5 Å². The molecular weight excluding hydrogens is 523 g/mol. The van der Waals surface area contributed by atoms with Crippen molar-refractivity contribution in [2.24, 2.45) is 5.92 Å². The highest BCUT2D eigenvalue weighted by Gasteiger charge is 2.39. The molecule has 2 aromatic rings. The number of hydrogen-bond acceptors (Lipinski definition) is 4. The number of hydrazine groups is 1. The molecule has 206 valence electrons. The zero-order chi connectivity index (χ0) is 26.9. The third-order valence-electron chi connectivity index (χ3n) is 7.80. The summed E-state index contributed by atoms with van der Waals surface area (Å²) in [6.07, 6.45) is 3.35. The van der Waals surface area contributed by atoms with Gasteiger partial charge in [-0.2, -0.15) is 0 Å². The van der Waals surface area contributed by atoms with Gasteiger partial charge in [0, 0.05) is 50.5 Å². The Balaban J connectivity index is 1.43. The number of morpholine rings is 1. The molecule has 0 unspecified atom stereocenters. The Bertz CT molecular complexity index is 1070. The molecule has 2 fully saturated rings. The van der Waals surface area contributed by atoms with Gasteiger partial charge in [-0.25, -0.2) is 0 Å². The molecule has 4 rings (SSSR count). The van der Waals surface area contributed by atoms with Crippen LogP contribution in [0.3, 0.4) is 0 Å². The molecule has 2 aromatic carbocycles. The second-order valence-corrected chi connectivity index (χ2v) is 11.2. The van der Waals surface area contributed by atoms with Crippen LogP contribution in [0.5, 0.6) is 0 Å². The molecule has 0 bridgehead atoms. The topological polar surface area (TPSA) is 64.9 Å². The summed E-state index contributed by atoms with van der Waals surface area (Å²) in [7, 11) is 0. The average Bonchev–Trinajstić information content (AvgIpc) is 3.09. The Hall–Kier alpha value is -2.19. The van der Waals surface area contributed by atoms with Gasteiger partial charge in [-0.15, -0.1) is 5.01 Å². The minimum absolute atomic E-state index is 0.138. The summed E-state index contributed by atoms with van der Waals surface area (Å²) in [5, 5.41) is 5.86. The fraction of sp³-hybridized carbons (Fsp3) is 0.552. The Labute approximate surface area is 236 Å². The summed E-state index contributed by atoms with van der Waals surface area (Å²) < 4.78 is 5.49. The van der Waals surface area contributed by atoms with Crippen LogP contribution in [0.1, 0.15) is 54.4 Å². The van der Waals surface area contributed by atoms with E-state index in [4.69, 9.17) is 27.9 Å². The molecule has 0 spiro atoms. The lowest BCUT2D eigenvalue weighted by Crippen LogP contribution is -2.44. The van der Waals surface area contributed by atoms with E-state index < -0.39 is 0 Å². The van der Waals surface area contributed by atoms with Crippen molar-refractivity contribution < 1.29 is 14.4 Å². The van der Waals surface area contributed by atoms with Gasteiger partial charge in [0.1, 0.15) is 4.87 Å². The Kier molecular flexibility index (Phi) is 10.8. The van der Waals surface area contributed by atoms with Gasteiger partial charge in [-0.1, -0.05) is 60.5 Å². The first kappa shape index (κ1) is 28.8. The lowest BCUT2D eigenvalue weighted by atomic mass is 9.95. The molecule has 1 amide bonds. The molecule has 2 saturated heterocycles. The number of halogens is 2. The highest BCUT2D eigenvalue weighted by atomic mass is 35.5. The number of carbonyl (C=O) groups excluding carboxylic acids is 1.